The number of likely N-dealkylation sites (N-methyl/N-ethyl adjacent to an activating group) is 2. The van der Waals surface area contributed by atoms with Crippen molar-refractivity contribution in [3.63, 3.8) is 0 Å². The van der Waals surface area contributed by atoms with Gasteiger partial charge in [0.05, 0.1) is 11.6 Å². The number of nitrogens with zero attached hydrogens (tertiary/aromatic N) is 3. The molecule has 2 unspecified atom stereocenters. The quantitative estimate of drug-likeness (QED) is 0.807. The number of nitriles is 1. The maximum absolute atomic E-state index is 13.4. The van der Waals surface area contributed by atoms with E-state index >= 15 is 0 Å². The van der Waals surface area contributed by atoms with Gasteiger partial charge in [-0.15, -0.1) is 0 Å². The van der Waals surface area contributed by atoms with Crippen molar-refractivity contribution in [1.82, 2.24) is 9.80 Å². The van der Waals surface area contributed by atoms with Gasteiger partial charge in [0.25, 0.3) is 0 Å². The minimum Gasteiger partial charge on any atom is -0.331 e. The maximum atomic E-state index is 13.4. The van der Waals surface area contributed by atoms with Crippen molar-refractivity contribution in [1.29, 1.82) is 5.26 Å². The summed E-state index contributed by atoms with van der Waals surface area (Å²) in [7, 11) is 1.69. The van der Waals surface area contributed by atoms with Crippen molar-refractivity contribution in [3.05, 3.63) is 71.3 Å². The Hall–Kier alpha value is -3.13. The largest absolute Gasteiger partial charge is 0.331 e. The van der Waals surface area contributed by atoms with Crippen molar-refractivity contribution < 1.29 is 9.59 Å². The third-order valence-corrected chi connectivity index (χ3v) is 5.65. The van der Waals surface area contributed by atoms with Crippen LogP contribution in [0.1, 0.15) is 30.5 Å². The fourth-order valence-electron chi connectivity index (χ4n) is 4.13. The van der Waals surface area contributed by atoms with Crippen LogP contribution in [0.2, 0.25) is 0 Å². The van der Waals surface area contributed by atoms with Gasteiger partial charge in [0.1, 0.15) is 11.6 Å². The van der Waals surface area contributed by atoms with Gasteiger partial charge in [-0.25, -0.2) is 0 Å². The molecule has 2 aromatic rings. The van der Waals surface area contributed by atoms with Crippen LogP contribution in [0, 0.1) is 11.3 Å². The normalized spacial score (nSPS) is 22.3. The first-order valence-corrected chi connectivity index (χ1v) is 9.53. The van der Waals surface area contributed by atoms with E-state index in [4.69, 9.17) is 0 Å². The molecule has 1 aliphatic rings. The van der Waals surface area contributed by atoms with Gasteiger partial charge in [-0.05, 0) is 31.0 Å². The lowest BCUT2D eigenvalue weighted by atomic mass is 9.84. The predicted octanol–water partition coefficient (Wildman–Crippen LogP) is 2.79. The summed E-state index contributed by atoms with van der Waals surface area (Å²) >= 11 is 0. The number of piperazine rings is 1. The number of hydrogen-bond acceptors (Lipinski definition) is 3. The van der Waals surface area contributed by atoms with E-state index in [1.807, 2.05) is 56.3 Å². The molecule has 0 spiro atoms. The van der Waals surface area contributed by atoms with E-state index < -0.39 is 11.6 Å². The van der Waals surface area contributed by atoms with Crippen LogP contribution in [0.15, 0.2) is 54.6 Å². The third-order valence-electron chi connectivity index (χ3n) is 5.65. The fourth-order valence-corrected chi connectivity index (χ4v) is 4.13. The van der Waals surface area contributed by atoms with Crippen molar-refractivity contribution in [2.45, 2.75) is 38.3 Å². The summed E-state index contributed by atoms with van der Waals surface area (Å²) in [6, 6.07) is 18.6. The first-order chi connectivity index (χ1) is 13.4. The van der Waals surface area contributed by atoms with Gasteiger partial charge in [0.15, 0.2) is 0 Å². The average molecular weight is 375 g/mol. The molecule has 1 fully saturated rings. The Bertz CT molecular complexity index is 919. The van der Waals surface area contributed by atoms with E-state index in [2.05, 4.69) is 6.07 Å². The average Bonchev–Trinajstić information content (AvgIpc) is 2.71. The number of rotatable bonds is 5. The van der Waals surface area contributed by atoms with Crippen LogP contribution in [0.4, 0.5) is 0 Å². The summed E-state index contributed by atoms with van der Waals surface area (Å²) in [4.78, 5) is 30.0. The molecule has 28 heavy (non-hydrogen) atoms. The number of benzene rings is 2. The molecule has 2 aromatic carbocycles. The predicted molar refractivity (Wildman–Crippen MR) is 107 cm³/mol. The highest BCUT2D eigenvalue weighted by Crippen LogP contribution is 2.31. The van der Waals surface area contributed by atoms with E-state index in [9.17, 15) is 14.9 Å². The molecule has 5 nitrogen and oxygen atoms in total. The molecular weight excluding hydrogens is 350 g/mol. The SMILES string of the molecule is CCN1C(=O)C(Cc2ccccc2C#N)N(C)C(=O)C1(C)Cc1ccccc1. The molecule has 0 aromatic heterocycles. The first-order valence-electron chi connectivity index (χ1n) is 9.53. The van der Waals surface area contributed by atoms with Gasteiger partial charge in [0, 0.05) is 26.4 Å². The van der Waals surface area contributed by atoms with Crippen LogP contribution in [0.3, 0.4) is 0 Å². The minimum atomic E-state index is -0.923. The topological polar surface area (TPSA) is 64.4 Å². The Morgan fingerprint density at radius 1 is 1.07 bits per heavy atom. The lowest BCUT2D eigenvalue weighted by Gasteiger charge is -2.50. The van der Waals surface area contributed by atoms with E-state index in [1.54, 1.807) is 29.0 Å². The zero-order chi connectivity index (χ0) is 20.3. The van der Waals surface area contributed by atoms with Gasteiger partial charge < -0.3 is 9.80 Å². The third kappa shape index (κ3) is 3.38. The van der Waals surface area contributed by atoms with Crippen molar-refractivity contribution >= 4 is 11.8 Å². The van der Waals surface area contributed by atoms with Gasteiger partial charge >= 0.3 is 0 Å². The Morgan fingerprint density at radius 2 is 1.71 bits per heavy atom. The molecule has 3 rings (SSSR count). The molecule has 1 aliphatic heterocycles. The van der Waals surface area contributed by atoms with Gasteiger partial charge in [-0.2, -0.15) is 5.26 Å². The van der Waals surface area contributed by atoms with E-state index in [-0.39, 0.29) is 11.8 Å². The summed E-state index contributed by atoms with van der Waals surface area (Å²) in [5.41, 5.74) is 1.42. The molecule has 0 bridgehead atoms. The first kappa shape index (κ1) is 19.6. The molecule has 2 amide bonds. The van der Waals surface area contributed by atoms with Gasteiger partial charge in [-0.1, -0.05) is 48.5 Å². The standard InChI is InChI=1S/C23H25N3O2/c1-4-26-21(27)20(14-18-12-8-9-13-19(18)16-24)25(3)22(28)23(26,2)15-17-10-6-5-7-11-17/h5-13,20H,4,14-15H2,1-3H3. The molecule has 5 heteroatoms. The number of carbonyl (C=O) groups excluding carboxylic acids is 2. The van der Waals surface area contributed by atoms with Crippen LogP contribution >= 0.6 is 0 Å². The monoisotopic (exact) mass is 375 g/mol. The summed E-state index contributed by atoms with van der Waals surface area (Å²) in [5, 5.41) is 9.35. The van der Waals surface area contributed by atoms with Crippen LogP contribution in [0.5, 0.6) is 0 Å². The molecule has 144 valence electrons. The van der Waals surface area contributed by atoms with E-state index in [0.29, 0.717) is 24.9 Å². The minimum absolute atomic E-state index is 0.0720. The molecule has 0 radical (unpaired) electrons. The Morgan fingerprint density at radius 3 is 2.36 bits per heavy atom. The van der Waals surface area contributed by atoms with E-state index in [1.165, 1.54) is 0 Å². The molecular formula is C23H25N3O2. The van der Waals surface area contributed by atoms with Crippen molar-refractivity contribution in [2.24, 2.45) is 0 Å². The van der Waals surface area contributed by atoms with Crippen LogP contribution in [-0.4, -0.2) is 46.8 Å². The second-order valence-electron chi connectivity index (χ2n) is 7.42. The summed E-state index contributed by atoms with van der Waals surface area (Å²) in [5.74, 6) is -0.145. The van der Waals surface area contributed by atoms with Gasteiger partial charge in [-0.3, -0.25) is 9.59 Å². The highest BCUT2D eigenvalue weighted by Gasteiger charge is 2.51. The number of hydrogen-bond donors (Lipinski definition) is 0. The molecule has 0 aliphatic carbocycles. The zero-order valence-electron chi connectivity index (χ0n) is 16.6. The summed E-state index contributed by atoms with van der Waals surface area (Å²) in [6.45, 7) is 4.21. The second-order valence-corrected chi connectivity index (χ2v) is 7.42. The maximum Gasteiger partial charge on any atom is 0.249 e. The van der Waals surface area contributed by atoms with Gasteiger partial charge in [0.2, 0.25) is 11.8 Å². The fraction of sp³-hybridized carbons (Fsp3) is 0.348. The smallest absolute Gasteiger partial charge is 0.249 e. The lowest BCUT2D eigenvalue weighted by molar-refractivity contribution is -0.167. The second kappa shape index (κ2) is 7.85. The highest BCUT2D eigenvalue weighted by atomic mass is 16.2. The molecule has 0 saturated carbocycles. The summed E-state index contributed by atoms with van der Waals surface area (Å²) in [6.07, 6.45) is 0.806. The summed E-state index contributed by atoms with van der Waals surface area (Å²) < 4.78 is 0. The molecule has 0 N–H and O–H groups in total. The van der Waals surface area contributed by atoms with E-state index in [0.717, 1.165) is 11.1 Å². The zero-order valence-corrected chi connectivity index (χ0v) is 16.6. The van der Waals surface area contributed by atoms with Crippen LogP contribution < -0.4 is 0 Å². The number of amides is 2. The van der Waals surface area contributed by atoms with Crippen LogP contribution in [0.25, 0.3) is 0 Å². The Kier molecular flexibility index (Phi) is 5.51. The Labute approximate surface area is 166 Å². The highest BCUT2D eigenvalue weighted by molar-refractivity contribution is 5.99. The molecule has 1 heterocycles. The van der Waals surface area contributed by atoms with Crippen LogP contribution in [-0.2, 0) is 22.4 Å². The number of carbonyl (C=O) groups is 2. The lowest BCUT2D eigenvalue weighted by Crippen LogP contribution is -2.70. The molecule has 2 atom stereocenters. The Balaban J connectivity index is 1.93. The van der Waals surface area contributed by atoms with Crippen molar-refractivity contribution in [3.8, 4) is 6.07 Å². The van der Waals surface area contributed by atoms with Crippen molar-refractivity contribution in [2.75, 3.05) is 13.6 Å². The molecule has 1 saturated heterocycles.